The molecule has 1 aliphatic heterocycles. The number of hydrogen-bond acceptors (Lipinski definition) is 11. The molecule has 0 fully saturated rings. The van der Waals surface area contributed by atoms with Crippen LogP contribution in [0.25, 0.3) is 0 Å². The van der Waals surface area contributed by atoms with Crippen LogP contribution in [0, 0.1) is 10.2 Å². The predicted molar refractivity (Wildman–Crippen MR) is 112 cm³/mol. The zero-order valence-electron chi connectivity index (χ0n) is 19.3. The Balaban J connectivity index is 0.000000381. The second kappa shape index (κ2) is 17.3. The molecule has 0 saturated carbocycles. The average molecular weight is 530 g/mol. The zero-order valence-corrected chi connectivity index (χ0v) is 20.1. The van der Waals surface area contributed by atoms with E-state index in [9.17, 15) is 0 Å². The normalized spacial score (nSPS) is 15.0. The summed E-state index contributed by atoms with van der Waals surface area (Å²) in [4.78, 5) is 2.69. The summed E-state index contributed by atoms with van der Waals surface area (Å²) < 4.78 is 68.0. The van der Waals surface area contributed by atoms with E-state index in [0.29, 0.717) is 75.9 Å². The Labute approximate surface area is 209 Å². The molecule has 0 saturated heterocycles. The number of halogens is 1. The standard InChI is InChI=1S/C20H24O6.C2H3N3.ClHO4/c1-2-6-18-17(5-1)23-13-9-21-11-15-25-19-7-3-4-8-20(19)26-16-12-22-10-14-24-18;1-3-2-5-4-1;2-1(3,4)5/h1-8H,9-16H2;1-2H,(H,3,4,5);(H,2,3,4,5). The molecule has 3 aromatic rings. The number of aromatic nitrogens is 3. The minimum absolute atomic E-state index is 0.441. The Bertz CT molecular complexity index is 809. The largest absolute Gasteiger partial charge is 0.487 e. The summed E-state index contributed by atoms with van der Waals surface area (Å²) in [5.74, 6) is 2.80. The van der Waals surface area contributed by atoms with Crippen LogP contribution in [0.15, 0.2) is 61.2 Å². The molecule has 14 heteroatoms. The van der Waals surface area contributed by atoms with Crippen LogP contribution >= 0.6 is 0 Å². The summed E-state index contributed by atoms with van der Waals surface area (Å²) in [7, 11) is -4.94. The molecule has 13 nitrogen and oxygen atoms in total. The van der Waals surface area contributed by atoms with Gasteiger partial charge >= 0.3 is 0 Å². The van der Waals surface area contributed by atoms with Gasteiger partial charge in [0.1, 0.15) is 26.4 Å². The number of nitrogens with one attached hydrogen (secondary N) is 2. The number of rotatable bonds is 0. The minimum Gasteiger partial charge on any atom is -0.487 e. The van der Waals surface area contributed by atoms with Crippen molar-refractivity contribution in [3.05, 3.63) is 61.2 Å². The number of benzene rings is 2. The van der Waals surface area contributed by atoms with Crippen molar-refractivity contribution in [3.8, 4) is 23.0 Å². The lowest BCUT2D eigenvalue weighted by Crippen LogP contribution is -2.68. The van der Waals surface area contributed by atoms with E-state index in [0.717, 1.165) is 0 Å². The molecule has 0 aliphatic carbocycles. The fraction of sp³-hybridized carbons (Fsp3) is 0.364. The third kappa shape index (κ3) is 14.3. The molecule has 198 valence electrons. The van der Waals surface area contributed by atoms with Gasteiger partial charge in [-0.1, -0.05) is 24.3 Å². The van der Waals surface area contributed by atoms with Gasteiger partial charge in [-0.2, -0.15) is 0 Å². The molecule has 2 heterocycles. The average Bonchev–Trinajstić information content (AvgIpc) is 3.43. The van der Waals surface area contributed by atoms with Gasteiger partial charge in [0, 0.05) is 5.10 Å². The number of para-hydroxylation sites is 4. The Morgan fingerprint density at radius 1 is 0.611 bits per heavy atom. The maximum atomic E-state index is 8.49. The van der Waals surface area contributed by atoms with E-state index in [1.54, 1.807) is 12.7 Å². The Morgan fingerprint density at radius 2 is 0.944 bits per heavy atom. The van der Waals surface area contributed by atoms with Crippen LogP contribution in [0.4, 0.5) is 0 Å². The number of ether oxygens (including phenoxy) is 6. The van der Waals surface area contributed by atoms with E-state index in [4.69, 9.17) is 47.1 Å². The Morgan fingerprint density at radius 3 is 1.17 bits per heavy atom. The molecule has 2 aromatic carbocycles. The first-order valence-corrected chi connectivity index (χ1v) is 12.0. The number of nitrogens with zero attached hydrogens (tertiary/aromatic N) is 1. The van der Waals surface area contributed by atoms with Gasteiger partial charge < -0.3 is 28.4 Å². The van der Waals surface area contributed by atoms with Gasteiger partial charge in [-0.25, -0.2) is 18.6 Å². The van der Waals surface area contributed by atoms with Gasteiger partial charge in [0.05, 0.1) is 26.4 Å². The third-order valence-electron chi connectivity index (χ3n) is 4.00. The van der Waals surface area contributed by atoms with Crippen molar-refractivity contribution in [2.24, 2.45) is 0 Å². The fourth-order valence-corrected chi connectivity index (χ4v) is 2.61. The summed E-state index contributed by atoms with van der Waals surface area (Å²) in [5, 5.41) is 6.10. The van der Waals surface area contributed by atoms with Gasteiger partial charge in [-0.05, 0) is 24.3 Å². The summed E-state index contributed by atoms with van der Waals surface area (Å²) in [6.07, 6.45) is 3.21. The van der Waals surface area contributed by atoms with Gasteiger partial charge in [-0.15, -0.1) is 15.3 Å². The molecule has 0 amide bonds. The molecule has 1 aromatic heterocycles. The van der Waals surface area contributed by atoms with Crippen molar-refractivity contribution in [1.82, 2.24) is 10.2 Å². The molecular formula is C22H28ClN3O10. The van der Waals surface area contributed by atoms with E-state index in [-0.39, 0.29) is 0 Å². The highest BCUT2D eigenvalue weighted by Crippen LogP contribution is 2.27. The summed E-state index contributed by atoms with van der Waals surface area (Å²) in [6.45, 7) is 3.65. The molecular weight excluding hydrogens is 502 g/mol. The first-order valence-electron chi connectivity index (χ1n) is 10.7. The van der Waals surface area contributed by atoms with Gasteiger partial charge in [0.25, 0.3) is 6.33 Å². The number of aromatic amines is 2. The van der Waals surface area contributed by atoms with E-state index in [1.807, 2.05) is 48.5 Å². The Kier molecular flexibility index (Phi) is 14.0. The van der Waals surface area contributed by atoms with Crippen LogP contribution in [0.1, 0.15) is 0 Å². The molecule has 0 bridgehead atoms. The number of H-pyrrole nitrogens is 2. The molecule has 4 rings (SSSR count). The number of hydrogen-bond donors (Lipinski definition) is 1. The van der Waals surface area contributed by atoms with Crippen LogP contribution in [-0.4, -0.2) is 63.1 Å². The summed E-state index contributed by atoms with van der Waals surface area (Å²) >= 11 is 0. The van der Waals surface area contributed by atoms with Crippen molar-refractivity contribution in [3.63, 3.8) is 0 Å². The van der Waals surface area contributed by atoms with Crippen LogP contribution in [0.2, 0.25) is 0 Å². The second-order valence-corrected chi connectivity index (χ2v) is 7.34. The maximum absolute atomic E-state index is 8.49. The van der Waals surface area contributed by atoms with Gasteiger partial charge in [0.2, 0.25) is 6.33 Å². The van der Waals surface area contributed by atoms with Crippen molar-refractivity contribution >= 4 is 0 Å². The fourth-order valence-electron chi connectivity index (χ4n) is 2.61. The van der Waals surface area contributed by atoms with Crippen molar-refractivity contribution in [2.45, 2.75) is 0 Å². The van der Waals surface area contributed by atoms with E-state index in [1.165, 1.54) is 0 Å². The highest BCUT2D eigenvalue weighted by Gasteiger charge is 2.06. The van der Waals surface area contributed by atoms with Crippen LogP contribution in [-0.2, 0) is 9.47 Å². The van der Waals surface area contributed by atoms with E-state index in [2.05, 4.69) is 15.2 Å². The SMILES string of the molecule is [O-][Cl+3]([O-])([O-])[O-].c1ccc2c(c1)OCCOCCOc1ccccc1OCCOCCO2.c1n[nH]c[nH+]1. The molecule has 2 N–H and O–H groups in total. The summed E-state index contributed by atoms with van der Waals surface area (Å²) in [5.41, 5.74) is 0. The second-order valence-electron chi connectivity index (χ2n) is 6.59. The van der Waals surface area contributed by atoms with Crippen LogP contribution in [0.5, 0.6) is 23.0 Å². The highest BCUT2D eigenvalue weighted by molar-refractivity contribution is 5.40. The topological polar surface area (TPSA) is 190 Å². The first kappa shape index (κ1) is 29.1. The maximum Gasteiger partial charge on any atom is 0.262 e. The molecule has 36 heavy (non-hydrogen) atoms. The van der Waals surface area contributed by atoms with Crippen molar-refractivity contribution < 1.29 is 62.3 Å². The Hall–Kier alpha value is -3.17. The number of fused-ring (bicyclic) bond motifs is 2. The predicted octanol–water partition coefficient (Wildman–Crippen LogP) is -2.58. The van der Waals surface area contributed by atoms with Gasteiger partial charge in [0.15, 0.2) is 23.0 Å². The molecule has 0 spiro atoms. The zero-order chi connectivity index (χ0) is 25.9. The van der Waals surface area contributed by atoms with Crippen molar-refractivity contribution in [1.29, 1.82) is 0 Å². The molecule has 0 unspecified atom stereocenters. The first-order chi connectivity index (χ1) is 17.4. The smallest absolute Gasteiger partial charge is 0.262 e. The van der Waals surface area contributed by atoms with Crippen LogP contribution in [0.3, 0.4) is 0 Å². The lowest BCUT2D eigenvalue weighted by atomic mass is 10.3. The molecule has 0 atom stereocenters. The van der Waals surface area contributed by atoms with E-state index < -0.39 is 10.2 Å². The van der Waals surface area contributed by atoms with Crippen LogP contribution < -0.4 is 42.6 Å². The van der Waals surface area contributed by atoms with E-state index >= 15 is 0 Å². The molecule has 1 aliphatic rings. The quantitative estimate of drug-likeness (QED) is 0.321. The molecule has 0 radical (unpaired) electrons. The lowest BCUT2D eigenvalue weighted by molar-refractivity contribution is -2.00. The van der Waals surface area contributed by atoms with Gasteiger partial charge in [-0.3, -0.25) is 4.98 Å². The minimum atomic E-state index is -4.94. The third-order valence-corrected chi connectivity index (χ3v) is 4.00. The monoisotopic (exact) mass is 529 g/mol. The highest BCUT2D eigenvalue weighted by atomic mass is 35.7. The van der Waals surface area contributed by atoms with Crippen molar-refractivity contribution in [2.75, 3.05) is 52.9 Å². The summed E-state index contributed by atoms with van der Waals surface area (Å²) in [6, 6.07) is 15.2. The lowest BCUT2D eigenvalue weighted by Gasteiger charge is -2.17.